The van der Waals surface area contributed by atoms with Crippen LogP contribution in [0.2, 0.25) is 0 Å². The molecule has 1 aromatic carbocycles. The molecular weight excluding hydrogens is 456 g/mol. The predicted octanol–water partition coefficient (Wildman–Crippen LogP) is -1.79. The lowest BCUT2D eigenvalue weighted by atomic mass is 10.0. The van der Waals surface area contributed by atoms with Crippen LogP contribution in [0, 0.1) is 5.92 Å². The Morgan fingerprint density at radius 3 is 1.47 bits per heavy atom. The van der Waals surface area contributed by atoms with E-state index in [1.54, 1.807) is 12.1 Å². The molecule has 14 heteroatoms. The van der Waals surface area contributed by atoms with Gasteiger partial charge in [0.15, 0.2) is 0 Å². The van der Waals surface area contributed by atoms with Crippen LogP contribution < -0.4 is 22.9 Å². The van der Waals surface area contributed by atoms with Crippen molar-refractivity contribution in [3.05, 3.63) is 29.8 Å². The van der Waals surface area contributed by atoms with E-state index in [0.717, 1.165) is 12.0 Å². The number of carboxylic acids is 4. The highest BCUT2D eigenvalue weighted by atomic mass is 16.4. The van der Waals surface area contributed by atoms with Gasteiger partial charge in [0, 0.05) is 0 Å². The second kappa shape index (κ2) is 20.3. The summed E-state index contributed by atoms with van der Waals surface area (Å²) in [6.45, 7) is 2.97. The third-order valence-electron chi connectivity index (χ3n) is 3.94. The molecule has 0 aromatic heterocycles. The summed E-state index contributed by atoms with van der Waals surface area (Å²) in [5, 5.41) is 49.3. The third-order valence-corrected chi connectivity index (χ3v) is 3.94. The fourth-order valence-electron chi connectivity index (χ4n) is 1.55. The van der Waals surface area contributed by atoms with E-state index in [-0.39, 0.29) is 24.6 Å². The summed E-state index contributed by atoms with van der Waals surface area (Å²) >= 11 is 0. The number of phenols is 1. The summed E-state index contributed by atoms with van der Waals surface area (Å²) in [5.41, 5.74) is 20.7. The number of aliphatic hydroxyl groups is 1. The van der Waals surface area contributed by atoms with Gasteiger partial charge in [-0.2, -0.15) is 0 Å². The van der Waals surface area contributed by atoms with Crippen molar-refractivity contribution in [3.63, 3.8) is 0 Å². The molecular formula is C20H36N4O10. The number of aliphatic hydroxyl groups excluding tert-OH is 1. The van der Waals surface area contributed by atoms with Gasteiger partial charge in [-0.25, -0.2) is 0 Å². The Balaban J connectivity index is -0.000000403. The molecule has 0 aliphatic rings. The fourth-order valence-corrected chi connectivity index (χ4v) is 1.55. The van der Waals surface area contributed by atoms with Gasteiger partial charge in [-0.05, 0) is 30.0 Å². The normalized spacial score (nSPS) is 13.0. The van der Waals surface area contributed by atoms with Gasteiger partial charge in [0.1, 0.15) is 23.9 Å². The SMILES string of the molecule is CCC(C)C(N)C(=O)O.NC(CO)C(=O)O.NC(Cc1ccc(O)cc1)C(=O)O.NCC(=O)O. The first kappa shape index (κ1) is 35.3. The zero-order valence-corrected chi connectivity index (χ0v) is 19.1. The van der Waals surface area contributed by atoms with Crippen LogP contribution >= 0.6 is 0 Å². The molecule has 14 nitrogen and oxygen atoms in total. The van der Waals surface area contributed by atoms with Crippen LogP contribution in [0.25, 0.3) is 0 Å². The first-order valence-electron chi connectivity index (χ1n) is 9.90. The molecule has 0 heterocycles. The Kier molecular flexibility index (Phi) is 21.1. The zero-order valence-electron chi connectivity index (χ0n) is 19.1. The average Bonchev–Trinajstić information content (AvgIpc) is 2.79. The van der Waals surface area contributed by atoms with E-state index in [4.69, 9.17) is 47.8 Å². The van der Waals surface area contributed by atoms with Crippen LogP contribution in [-0.2, 0) is 25.6 Å². The molecule has 0 aliphatic carbocycles. The Hall–Kier alpha value is -3.30. The minimum absolute atomic E-state index is 0.0718. The number of carboxylic acid groups (broad SMARTS) is 4. The summed E-state index contributed by atoms with van der Waals surface area (Å²) in [5.74, 6) is -3.85. The minimum atomic E-state index is -1.18. The second-order valence-corrected chi connectivity index (χ2v) is 6.79. The highest BCUT2D eigenvalue weighted by Crippen LogP contribution is 2.10. The highest BCUT2D eigenvalue weighted by Gasteiger charge is 2.17. The van der Waals surface area contributed by atoms with Crippen LogP contribution in [-0.4, -0.2) is 85.8 Å². The molecule has 1 rings (SSSR count). The van der Waals surface area contributed by atoms with Gasteiger partial charge in [-0.1, -0.05) is 32.4 Å². The summed E-state index contributed by atoms with van der Waals surface area (Å²) in [6, 6.07) is 3.60. The van der Waals surface area contributed by atoms with Crippen LogP contribution in [0.1, 0.15) is 25.8 Å². The van der Waals surface area contributed by atoms with E-state index in [1.165, 1.54) is 12.1 Å². The van der Waals surface area contributed by atoms with Crippen LogP contribution in [0.4, 0.5) is 0 Å². The van der Waals surface area contributed by atoms with Gasteiger partial charge in [-0.3, -0.25) is 19.2 Å². The largest absolute Gasteiger partial charge is 0.508 e. The van der Waals surface area contributed by atoms with Gasteiger partial charge in [0.05, 0.1) is 13.2 Å². The Bertz CT molecular complexity index is 731. The maximum Gasteiger partial charge on any atom is 0.322 e. The Morgan fingerprint density at radius 1 is 0.853 bits per heavy atom. The van der Waals surface area contributed by atoms with E-state index in [0.29, 0.717) is 0 Å². The van der Waals surface area contributed by atoms with Crippen molar-refractivity contribution in [1.82, 2.24) is 0 Å². The maximum absolute atomic E-state index is 10.4. The van der Waals surface area contributed by atoms with Crippen molar-refractivity contribution in [3.8, 4) is 5.75 Å². The number of rotatable bonds is 9. The van der Waals surface area contributed by atoms with Gasteiger partial charge in [0.2, 0.25) is 0 Å². The summed E-state index contributed by atoms with van der Waals surface area (Å²) < 4.78 is 0. The Labute approximate surface area is 196 Å². The Morgan fingerprint density at radius 2 is 1.26 bits per heavy atom. The monoisotopic (exact) mass is 492 g/mol. The number of aromatic hydroxyl groups is 1. The van der Waals surface area contributed by atoms with Gasteiger partial charge < -0.3 is 53.6 Å². The maximum atomic E-state index is 10.4. The van der Waals surface area contributed by atoms with E-state index in [1.807, 2.05) is 13.8 Å². The number of nitrogens with two attached hydrogens (primary N) is 4. The van der Waals surface area contributed by atoms with Crippen LogP contribution in [0.3, 0.4) is 0 Å². The first-order chi connectivity index (χ1) is 15.6. The summed E-state index contributed by atoms with van der Waals surface area (Å²) in [7, 11) is 0. The molecule has 196 valence electrons. The van der Waals surface area contributed by atoms with Crippen molar-refractivity contribution in [2.75, 3.05) is 13.2 Å². The lowest BCUT2D eigenvalue weighted by Gasteiger charge is -2.11. The van der Waals surface area contributed by atoms with Crippen LogP contribution in [0.5, 0.6) is 5.75 Å². The van der Waals surface area contributed by atoms with Crippen molar-refractivity contribution >= 4 is 23.9 Å². The fraction of sp³-hybridized carbons (Fsp3) is 0.500. The average molecular weight is 493 g/mol. The van der Waals surface area contributed by atoms with Gasteiger partial charge in [0.25, 0.3) is 0 Å². The van der Waals surface area contributed by atoms with Crippen molar-refractivity contribution in [1.29, 1.82) is 0 Å². The molecule has 0 radical (unpaired) electrons. The lowest BCUT2D eigenvalue weighted by molar-refractivity contribution is -0.140. The number of carbonyl (C=O) groups is 4. The number of hydrogen-bond donors (Lipinski definition) is 10. The smallest absolute Gasteiger partial charge is 0.322 e. The number of hydrogen-bond acceptors (Lipinski definition) is 10. The van der Waals surface area contributed by atoms with Crippen molar-refractivity contribution in [2.24, 2.45) is 28.9 Å². The summed E-state index contributed by atoms with van der Waals surface area (Å²) in [4.78, 5) is 39.5. The number of phenolic OH excluding ortho intramolecular Hbond substituents is 1. The highest BCUT2D eigenvalue weighted by molar-refractivity contribution is 5.74. The molecule has 4 atom stereocenters. The molecule has 34 heavy (non-hydrogen) atoms. The summed E-state index contributed by atoms with van der Waals surface area (Å²) in [6.07, 6.45) is 1.09. The van der Waals surface area contributed by atoms with Crippen molar-refractivity contribution in [2.45, 2.75) is 44.8 Å². The van der Waals surface area contributed by atoms with E-state index in [2.05, 4.69) is 5.73 Å². The number of aliphatic carboxylic acids is 4. The van der Waals surface area contributed by atoms with Gasteiger partial charge in [-0.15, -0.1) is 0 Å². The third kappa shape index (κ3) is 20.6. The molecule has 1 aromatic rings. The standard InChI is InChI=1S/C9H11NO3.C6H13NO2.C3H7NO3.C2H5NO2/c10-8(9(12)13)5-6-1-3-7(11)4-2-6;1-3-4(2)5(7)6(8)9;4-2(1-5)3(6)7;3-1-2(4)5/h1-4,8,11H,5,10H2,(H,12,13);4-5H,3,7H2,1-2H3,(H,8,9);2,5H,1,4H2,(H,6,7);1,3H2,(H,4,5). The molecule has 0 saturated carbocycles. The predicted molar refractivity (Wildman–Crippen MR) is 122 cm³/mol. The van der Waals surface area contributed by atoms with E-state index in [9.17, 15) is 19.2 Å². The quantitative estimate of drug-likeness (QED) is 0.182. The molecule has 0 saturated heterocycles. The minimum Gasteiger partial charge on any atom is -0.508 e. The molecule has 4 unspecified atom stereocenters. The molecule has 0 spiro atoms. The zero-order chi connectivity index (χ0) is 27.4. The lowest BCUT2D eigenvalue weighted by Crippen LogP contribution is -2.36. The molecule has 0 bridgehead atoms. The van der Waals surface area contributed by atoms with Gasteiger partial charge >= 0.3 is 23.9 Å². The number of benzene rings is 1. The van der Waals surface area contributed by atoms with E-state index < -0.39 is 48.6 Å². The molecule has 0 aliphatic heterocycles. The molecule has 14 N–H and O–H groups in total. The van der Waals surface area contributed by atoms with E-state index >= 15 is 0 Å². The first-order valence-corrected chi connectivity index (χ1v) is 9.90. The van der Waals surface area contributed by atoms with Crippen molar-refractivity contribution < 1.29 is 49.8 Å². The molecule has 0 amide bonds. The molecule has 0 fully saturated rings. The van der Waals surface area contributed by atoms with Crippen LogP contribution in [0.15, 0.2) is 24.3 Å². The topological polar surface area (TPSA) is 294 Å². The second-order valence-electron chi connectivity index (χ2n) is 6.79.